The smallest absolute Gasteiger partial charge is 0.0656 e. The predicted molar refractivity (Wildman–Crippen MR) is 80.8 cm³/mol. The minimum absolute atomic E-state index is 0.473. The van der Waals surface area contributed by atoms with Crippen LogP contribution in [0.15, 0.2) is 11.4 Å². The summed E-state index contributed by atoms with van der Waals surface area (Å²) in [6, 6.07) is 2.75. The molecular formula is C13H18INS. The Bertz CT molecular complexity index is 361. The summed E-state index contributed by atoms with van der Waals surface area (Å²) in [6.07, 6.45) is 3.26. The third-order valence-corrected chi connectivity index (χ3v) is 4.17. The van der Waals surface area contributed by atoms with Crippen LogP contribution < -0.4 is 5.32 Å². The quantitative estimate of drug-likeness (QED) is 0.601. The second-order valence-corrected chi connectivity index (χ2v) is 6.46. The molecule has 1 N–H and O–H groups in total. The summed E-state index contributed by atoms with van der Waals surface area (Å²) in [5, 5.41) is 5.85. The lowest BCUT2D eigenvalue weighted by Crippen LogP contribution is -2.21. The van der Waals surface area contributed by atoms with Crippen LogP contribution in [0.1, 0.15) is 44.7 Å². The first-order valence-electron chi connectivity index (χ1n) is 5.64. The molecule has 1 aromatic rings. The molecule has 0 aliphatic heterocycles. The van der Waals surface area contributed by atoms with Gasteiger partial charge in [-0.15, -0.1) is 23.2 Å². The second kappa shape index (κ2) is 8.10. The molecule has 1 heterocycles. The summed E-state index contributed by atoms with van der Waals surface area (Å²) >= 11 is 4.20. The van der Waals surface area contributed by atoms with E-state index in [4.69, 9.17) is 0 Å². The zero-order chi connectivity index (χ0) is 11.8. The highest BCUT2D eigenvalue weighted by molar-refractivity contribution is 14.1. The van der Waals surface area contributed by atoms with Crippen LogP contribution in [0.3, 0.4) is 0 Å². The fraction of sp³-hybridized carbons (Fsp3) is 0.538. The first-order chi connectivity index (χ1) is 7.77. The number of nitrogens with one attached hydrogen (secondary N) is 1. The van der Waals surface area contributed by atoms with Crippen molar-refractivity contribution in [1.82, 2.24) is 5.32 Å². The van der Waals surface area contributed by atoms with Gasteiger partial charge in [0.25, 0.3) is 0 Å². The molecule has 1 aromatic heterocycles. The molecule has 0 aliphatic rings. The normalized spacial score (nSPS) is 11.9. The second-order valence-electron chi connectivity index (χ2n) is 3.66. The number of halogens is 1. The van der Waals surface area contributed by atoms with Crippen molar-refractivity contribution in [2.75, 3.05) is 6.54 Å². The Morgan fingerprint density at radius 3 is 2.94 bits per heavy atom. The van der Waals surface area contributed by atoms with E-state index in [1.165, 1.54) is 14.9 Å². The van der Waals surface area contributed by atoms with Gasteiger partial charge in [0, 0.05) is 12.5 Å². The van der Waals surface area contributed by atoms with E-state index in [9.17, 15) is 0 Å². The van der Waals surface area contributed by atoms with Crippen LogP contribution in [0.5, 0.6) is 0 Å². The van der Waals surface area contributed by atoms with E-state index in [2.05, 4.69) is 58.1 Å². The van der Waals surface area contributed by atoms with Gasteiger partial charge in [-0.3, -0.25) is 0 Å². The fourth-order valence-electron chi connectivity index (χ4n) is 1.55. The van der Waals surface area contributed by atoms with Crippen molar-refractivity contribution in [3.05, 3.63) is 19.9 Å². The van der Waals surface area contributed by atoms with Crippen LogP contribution in [0.2, 0.25) is 0 Å². The number of rotatable bonds is 6. The van der Waals surface area contributed by atoms with E-state index >= 15 is 0 Å². The molecule has 1 atom stereocenters. The van der Waals surface area contributed by atoms with Crippen molar-refractivity contribution < 1.29 is 0 Å². The van der Waals surface area contributed by atoms with Gasteiger partial charge in [0.05, 0.1) is 2.88 Å². The van der Waals surface area contributed by atoms with E-state index in [0.29, 0.717) is 6.04 Å². The van der Waals surface area contributed by atoms with Crippen LogP contribution in [0, 0.1) is 14.7 Å². The molecule has 0 saturated carbocycles. The standard InChI is InChI=1S/C13H18INS/c1-3-5-6-7-12(15-8-4-2)11-9-13(14)16-10-11/h9-10,12,15H,4,6-8H2,1-2H3. The van der Waals surface area contributed by atoms with Crippen molar-refractivity contribution in [3.63, 3.8) is 0 Å². The number of hydrogen-bond acceptors (Lipinski definition) is 2. The minimum atomic E-state index is 0.473. The van der Waals surface area contributed by atoms with Gasteiger partial charge in [-0.2, -0.15) is 0 Å². The van der Waals surface area contributed by atoms with E-state index in [1.807, 2.05) is 18.3 Å². The van der Waals surface area contributed by atoms with Crippen molar-refractivity contribution in [2.24, 2.45) is 0 Å². The maximum Gasteiger partial charge on any atom is 0.0656 e. The molecule has 88 valence electrons. The zero-order valence-electron chi connectivity index (χ0n) is 9.85. The molecule has 16 heavy (non-hydrogen) atoms. The topological polar surface area (TPSA) is 12.0 Å². The predicted octanol–water partition coefficient (Wildman–Crippen LogP) is 4.20. The van der Waals surface area contributed by atoms with Crippen LogP contribution in [-0.2, 0) is 0 Å². The van der Waals surface area contributed by atoms with Crippen molar-refractivity contribution in [3.8, 4) is 11.8 Å². The molecule has 0 radical (unpaired) electrons. The van der Waals surface area contributed by atoms with Gasteiger partial charge in [-0.25, -0.2) is 0 Å². The highest BCUT2D eigenvalue weighted by Crippen LogP contribution is 2.25. The van der Waals surface area contributed by atoms with Crippen molar-refractivity contribution in [1.29, 1.82) is 0 Å². The molecule has 0 saturated heterocycles. The van der Waals surface area contributed by atoms with Gasteiger partial charge < -0.3 is 5.32 Å². The summed E-state index contributed by atoms with van der Waals surface area (Å²) in [4.78, 5) is 0. The summed E-state index contributed by atoms with van der Waals surface area (Å²) in [7, 11) is 0. The van der Waals surface area contributed by atoms with Gasteiger partial charge in [0.1, 0.15) is 0 Å². The SMILES string of the molecule is CC#CCCC(NCCC)c1csc(I)c1. The lowest BCUT2D eigenvalue weighted by Gasteiger charge is -2.16. The number of thiophene rings is 1. The third kappa shape index (κ3) is 4.86. The lowest BCUT2D eigenvalue weighted by molar-refractivity contribution is 0.506. The molecule has 0 aliphatic carbocycles. The van der Waals surface area contributed by atoms with Crippen LogP contribution in [-0.4, -0.2) is 6.54 Å². The van der Waals surface area contributed by atoms with E-state index in [-0.39, 0.29) is 0 Å². The van der Waals surface area contributed by atoms with Gasteiger partial charge in [0.2, 0.25) is 0 Å². The highest BCUT2D eigenvalue weighted by atomic mass is 127. The van der Waals surface area contributed by atoms with E-state index in [0.717, 1.165) is 19.4 Å². The van der Waals surface area contributed by atoms with Crippen LogP contribution in [0.25, 0.3) is 0 Å². The van der Waals surface area contributed by atoms with Crippen LogP contribution >= 0.6 is 33.9 Å². The molecule has 1 rings (SSSR count). The average molecular weight is 347 g/mol. The highest BCUT2D eigenvalue weighted by Gasteiger charge is 2.11. The molecule has 0 fully saturated rings. The minimum Gasteiger partial charge on any atom is -0.310 e. The molecular weight excluding hydrogens is 329 g/mol. The van der Waals surface area contributed by atoms with Crippen molar-refractivity contribution in [2.45, 2.75) is 39.2 Å². The summed E-state index contributed by atoms with van der Waals surface area (Å²) in [5.74, 6) is 6.10. The molecule has 1 nitrogen and oxygen atoms in total. The maximum atomic E-state index is 3.59. The third-order valence-electron chi connectivity index (χ3n) is 2.37. The largest absolute Gasteiger partial charge is 0.310 e. The molecule has 0 aromatic carbocycles. The Morgan fingerprint density at radius 2 is 2.38 bits per heavy atom. The van der Waals surface area contributed by atoms with Gasteiger partial charge in [-0.05, 0) is 65.9 Å². The van der Waals surface area contributed by atoms with Crippen molar-refractivity contribution >= 4 is 33.9 Å². The average Bonchev–Trinajstić information content (AvgIpc) is 2.70. The Morgan fingerprint density at radius 1 is 1.56 bits per heavy atom. The Labute approximate surface area is 116 Å². The summed E-state index contributed by atoms with van der Waals surface area (Å²) < 4.78 is 1.36. The van der Waals surface area contributed by atoms with Crippen LogP contribution in [0.4, 0.5) is 0 Å². The molecule has 0 spiro atoms. The van der Waals surface area contributed by atoms with Gasteiger partial charge in [-0.1, -0.05) is 6.92 Å². The number of hydrogen-bond donors (Lipinski definition) is 1. The Hall–Kier alpha value is -0.0500. The molecule has 0 bridgehead atoms. The van der Waals surface area contributed by atoms with Gasteiger partial charge >= 0.3 is 0 Å². The Balaban J connectivity index is 2.57. The Kier molecular flexibility index (Phi) is 7.10. The fourth-order valence-corrected chi connectivity index (χ4v) is 2.98. The lowest BCUT2D eigenvalue weighted by atomic mass is 10.1. The maximum absolute atomic E-state index is 3.59. The summed E-state index contributed by atoms with van der Waals surface area (Å²) in [6.45, 7) is 5.19. The molecule has 0 amide bonds. The summed E-state index contributed by atoms with van der Waals surface area (Å²) in [5.41, 5.74) is 1.42. The monoisotopic (exact) mass is 347 g/mol. The first-order valence-corrected chi connectivity index (χ1v) is 7.60. The molecule has 3 heteroatoms. The van der Waals surface area contributed by atoms with E-state index in [1.54, 1.807) is 0 Å². The zero-order valence-corrected chi connectivity index (χ0v) is 12.8. The first kappa shape index (κ1) is 14.0. The molecule has 1 unspecified atom stereocenters. The van der Waals surface area contributed by atoms with Gasteiger partial charge in [0.15, 0.2) is 0 Å². The van der Waals surface area contributed by atoms with E-state index < -0.39 is 0 Å².